The molecule has 0 spiro atoms. The fourth-order valence-electron chi connectivity index (χ4n) is 3.05. The second-order valence-corrected chi connectivity index (χ2v) is 7.75. The number of aromatic nitrogens is 2. The van der Waals surface area contributed by atoms with E-state index in [9.17, 15) is 4.79 Å². The highest BCUT2D eigenvalue weighted by Gasteiger charge is 2.48. The van der Waals surface area contributed by atoms with Crippen LogP contribution in [-0.4, -0.2) is 27.5 Å². The lowest BCUT2D eigenvalue weighted by Gasteiger charge is -2.28. The molecule has 0 saturated carbocycles. The number of nitrogen functional groups attached to an aromatic ring is 1. The van der Waals surface area contributed by atoms with Crippen LogP contribution in [-0.2, 0) is 14.2 Å². The molecule has 0 bridgehead atoms. The fourth-order valence-corrected chi connectivity index (χ4v) is 3.05. The molecule has 2 aliphatic rings. The molecule has 7 heteroatoms. The van der Waals surface area contributed by atoms with Crippen LogP contribution in [0.4, 0.5) is 5.82 Å². The van der Waals surface area contributed by atoms with Gasteiger partial charge in [-0.2, -0.15) is 4.98 Å². The van der Waals surface area contributed by atoms with E-state index < -0.39 is 11.5 Å². The van der Waals surface area contributed by atoms with Crippen LogP contribution in [0.1, 0.15) is 47.1 Å². The van der Waals surface area contributed by atoms with Crippen LogP contribution >= 0.6 is 0 Å². The molecule has 132 valence electrons. The monoisotopic (exact) mass is 335 g/mol. The van der Waals surface area contributed by atoms with Gasteiger partial charge in [0.2, 0.25) is 5.79 Å². The average molecular weight is 335 g/mol. The number of anilines is 1. The number of nitrogens with zero attached hydrogens (tertiary/aromatic N) is 2. The third kappa shape index (κ3) is 3.26. The summed E-state index contributed by atoms with van der Waals surface area (Å²) in [6.07, 6.45) is 2.32. The van der Waals surface area contributed by atoms with Crippen LogP contribution in [0.5, 0.6) is 0 Å². The molecule has 0 radical (unpaired) electrons. The molecule has 3 rings (SSSR count). The Morgan fingerprint density at radius 3 is 2.67 bits per heavy atom. The zero-order chi connectivity index (χ0) is 17.7. The van der Waals surface area contributed by atoms with Gasteiger partial charge in [-0.15, -0.1) is 0 Å². The number of ether oxygens (including phenoxy) is 3. The second kappa shape index (κ2) is 5.51. The van der Waals surface area contributed by atoms with Crippen molar-refractivity contribution in [2.75, 3.05) is 12.3 Å². The Morgan fingerprint density at radius 2 is 2.04 bits per heavy atom. The van der Waals surface area contributed by atoms with Gasteiger partial charge < -0.3 is 19.9 Å². The van der Waals surface area contributed by atoms with Crippen LogP contribution in [0.3, 0.4) is 0 Å². The number of rotatable bonds is 3. The van der Waals surface area contributed by atoms with Crippen molar-refractivity contribution in [1.29, 1.82) is 0 Å². The van der Waals surface area contributed by atoms with Crippen molar-refractivity contribution in [1.82, 2.24) is 9.55 Å². The van der Waals surface area contributed by atoms with E-state index in [0.717, 1.165) is 5.76 Å². The molecule has 0 amide bonds. The van der Waals surface area contributed by atoms with Gasteiger partial charge in [0.25, 0.3) is 0 Å². The smallest absolute Gasteiger partial charge is 0.350 e. The normalized spacial score (nSPS) is 25.4. The molecule has 1 aromatic heterocycles. The molecule has 2 atom stereocenters. The van der Waals surface area contributed by atoms with Crippen molar-refractivity contribution >= 4 is 5.82 Å². The topological polar surface area (TPSA) is 88.6 Å². The van der Waals surface area contributed by atoms with Crippen LogP contribution in [0.25, 0.3) is 0 Å². The van der Waals surface area contributed by atoms with E-state index in [4.69, 9.17) is 19.9 Å². The SMILES string of the molecule is CC(C)(C)OC[C@H]1C[C@@H](n2ccc(N)nc2=O)C2=C1OC(C)(C)O2. The minimum absolute atomic E-state index is 0.0375. The van der Waals surface area contributed by atoms with Crippen molar-refractivity contribution in [3.63, 3.8) is 0 Å². The first-order valence-electron chi connectivity index (χ1n) is 8.16. The van der Waals surface area contributed by atoms with E-state index in [-0.39, 0.29) is 23.4 Å². The average Bonchev–Trinajstić information content (AvgIpc) is 2.90. The summed E-state index contributed by atoms with van der Waals surface area (Å²) in [4.78, 5) is 16.0. The minimum Gasteiger partial charge on any atom is -0.453 e. The van der Waals surface area contributed by atoms with Crippen molar-refractivity contribution in [3.05, 3.63) is 34.3 Å². The van der Waals surface area contributed by atoms with Crippen molar-refractivity contribution < 1.29 is 14.2 Å². The molecular formula is C17H25N3O4. The van der Waals surface area contributed by atoms with E-state index in [1.807, 2.05) is 34.6 Å². The summed E-state index contributed by atoms with van der Waals surface area (Å²) in [5.74, 6) is 0.971. The third-order valence-electron chi connectivity index (χ3n) is 4.04. The van der Waals surface area contributed by atoms with E-state index in [1.54, 1.807) is 16.8 Å². The summed E-state index contributed by atoms with van der Waals surface area (Å²) in [6.45, 7) is 10.3. The maximum atomic E-state index is 12.2. The van der Waals surface area contributed by atoms with E-state index >= 15 is 0 Å². The first-order chi connectivity index (χ1) is 11.1. The predicted molar refractivity (Wildman–Crippen MR) is 89.0 cm³/mol. The van der Waals surface area contributed by atoms with Gasteiger partial charge in [0, 0.05) is 26.0 Å². The molecule has 2 N–H and O–H groups in total. The van der Waals surface area contributed by atoms with E-state index in [2.05, 4.69) is 4.98 Å². The molecule has 24 heavy (non-hydrogen) atoms. The van der Waals surface area contributed by atoms with Gasteiger partial charge in [0.1, 0.15) is 11.6 Å². The summed E-state index contributed by atoms with van der Waals surface area (Å²) in [6, 6.07) is 1.36. The lowest BCUT2D eigenvalue weighted by Crippen LogP contribution is -2.31. The Kier molecular flexibility index (Phi) is 3.86. The maximum Gasteiger partial charge on any atom is 0.350 e. The van der Waals surface area contributed by atoms with E-state index in [0.29, 0.717) is 18.8 Å². The van der Waals surface area contributed by atoms with Crippen LogP contribution in [0.2, 0.25) is 0 Å². The Hall–Kier alpha value is -2.02. The second-order valence-electron chi connectivity index (χ2n) is 7.75. The third-order valence-corrected chi connectivity index (χ3v) is 4.04. The lowest BCUT2D eigenvalue weighted by atomic mass is 10.1. The van der Waals surface area contributed by atoms with Crippen molar-refractivity contribution in [3.8, 4) is 0 Å². The molecule has 1 aliphatic heterocycles. The van der Waals surface area contributed by atoms with Gasteiger partial charge in [-0.1, -0.05) is 0 Å². The molecule has 0 aromatic carbocycles. The number of nitrogens with two attached hydrogens (primary N) is 1. The van der Waals surface area contributed by atoms with Crippen LogP contribution in [0.15, 0.2) is 28.6 Å². The first kappa shape index (κ1) is 16.8. The Labute approximate surface area is 141 Å². The molecule has 1 aromatic rings. The summed E-state index contributed by atoms with van der Waals surface area (Å²) < 4.78 is 19.4. The summed E-state index contributed by atoms with van der Waals surface area (Å²) >= 11 is 0. The van der Waals surface area contributed by atoms with Gasteiger partial charge >= 0.3 is 5.69 Å². The van der Waals surface area contributed by atoms with Crippen LogP contribution < -0.4 is 11.4 Å². The highest BCUT2D eigenvalue weighted by Crippen LogP contribution is 2.48. The molecular weight excluding hydrogens is 310 g/mol. The van der Waals surface area contributed by atoms with E-state index in [1.165, 1.54) is 0 Å². The minimum atomic E-state index is -0.742. The van der Waals surface area contributed by atoms with Gasteiger partial charge in [-0.3, -0.25) is 4.57 Å². The molecule has 1 aliphatic carbocycles. The van der Waals surface area contributed by atoms with Gasteiger partial charge in [-0.25, -0.2) is 4.79 Å². The van der Waals surface area contributed by atoms with Gasteiger partial charge in [0.05, 0.1) is 18.2 Å². The number of allylic oxidation sites excluding steroid dienone is 1. The first-order valence-corrected chi connectivity index (χ1v) is 8.16. The highest BCUT2D eigenvalue weighted by atomic mass is 16.7. The van der Waals surface area contributed by atoms with Crippen molar-refractivity contribution in [2.24, 2.45) is 5.92 Å². The summed E-state index contributed by atoms with van der Waals surface area (Å²) in [5.41, 5.74) is 4.95. The zero-order valence-corrected chi connectivity index (χ0v) is 14.8. The molecule has 0 saturated heterocycles. The zero-order valence-electron chi connectivity index (χ0n) is 14.8. The Balaban J connectivity index is 1.90. The standard InChI is InChI=1S/C17H25N3O4/c1-16(2,3)22-9-10-8-11(14-13(10)23-17(4,5)24-14)20-7-6-12(18)19-15(20)21/h6-7,10-11H,8-9H2,1-5H3,(H2,18,19,21)/t10-,11-/m1/s1. The maximum absolute atomic E-state index is 12.2. The predicted octanol–water partition coefficient (Wildman–Crippen LogP) is 2.20. The summed E-state index contributed by atoms with van der Waals surface area (Å²) in [7, 11) is 0. The Bertz CT molecular complexity index is 730. The quantitative estimate of drug-likeness (QED) is 0.911. The number of hydrogen-bond donors (Lipinski definition) is 1. The highest BCUT2D eigenvalue weighted by molar-refractivity contribution is 5.27. The molecule has 0 unspecified atom stereocenters. The summed E-state index contributed by atoms with van der Waals surface area (Å²) in [5, 5.41) is 0. The van der Waals surface area contributed by atoms with Crippen LogP contribution in [0, 0.1) is 5.92 Å². The molecule has 0 fully saturated rings. The van der Waals surface area contributed by atoms with Gasteiger partial charge in [-0.05, 0) is 33.3 Å². The Morgan fingerprint density at radius 1 is 1.38 bits per heavy atom. The molecule has 7 nitrogen and oxygen atoms in total. The lowest BCUT2D eigenvalue weighted by molar-refractivity contribution is -0.140. The van der Waals surface area contributed by atoms with Crippen molar-refractivity contribution in [2.45, 2.75) is 58.5 Å². The fraction of sp³-hybridized carbons (Fsp3) is 0.647. The van der Waals surface area contributed by atoms with Gasteiger partial charge in [0.15, 0.2) is 5.76 Å². The largest absolute Gasteiger partial charge is 0.453 e. The number of hydrogen-bond acceptors (Lipinski definition) is 6. The molecule has 2 heterocycles.